The van der Waals surface area contributed by atoms with Gasteiger partial charge in [0.05, 0.1) is 16.8 Å². The Morgan fingerprint density at radius 2 is 2.00 bits per heavy atom. The van der Waals surface area contributed by atoms with E-state index in [1.165, 1.54) is 5.56 Å². The van der Waals surface area contributed by atoms with Crippen molar-refractivity contribution < 1.29 is 4.74 Å². The summed E-state index contributed by atoms with van der Waals surface area (Å²) in [6, 6.07) is 10.1. The van der Waals surface area contributed by atoms with Crippen LogP contribution in [0.1, 0.15) is 12.5 Å². The normalized spacial score (nSPS) is 10.8. The minimum Gasteiger partial charge on any atom is -0.494 e. The lowest BCUT2D eigenvalue weighted by Crippen LogP contribution is -2.15. The predicted octanol–water partition coefficient (Wildman–Crippen LogP) is 3.73. The van der Waals surface area contributed by atoms with Gasteiger partial charge in [-0.25, -0.2) is 4.98 Å². The van der Waals surface area contributed by atoms with Gasteiger partial charge in [0.1, 0.15) is 5.75 Å². The molecule has 0 N–H and O–H groups in total. The molecule has 108 valence electrons. The van der Waals surface area contributed by atoms with Gasteiger partial charge in [0.15, 0.2) is 5.13 Å². The smallest absolute Gasteiger partial charge is 0.186 e. The van der Waals surface area contributed by atoms with Gasteiger partial charge in [-0.05, 0) is 42.8 Å². The number of hydrogen-bond donors (Lipinski definition) is 0. The van der Waals surface area contributed by atoms with Gasteiger partial charge in [0, 0.05) is 26.0 Å². The molecular weight excluding hydrogens is 282 g/mol. The number of fused-ring (bicyclic) bond motifs is 1. The fourth-order valence-corrected chi connectivity index (χ4v) is 3.10. The third-order valence-electron chi connectivity index (χ3n) is 3.16. The van der Waals surface area contributed by atoms with E-state index in [-0.39, 0.29) is 0 Å². The SMILES string of the molecule is CCOc1ccc2nc(N(C)Cc3ccncc3)sc2c1. The zero-order valence-electron chi connectivity index (χ0n) is 12.1. The van der Waals surface area contributed by atoms with E-state index in [2.05, 4.69) is 28.0 Å². The second-order valence-electron chi connectivity index (χ2n) is 4.77. The lowest BCUT2D eigenvalue weighted by molar-refractivity contribution is 0.341. The van der Waals surface area contributed by atoms with E-state index >= 15 is 0 Å². The minimum absolute atomic E-state index is 0.680. The van der Waals surface area contributed by atoms with E-state index in [1.54, 1.807) is 11.3 Å². The Hall–Kier alpha value is -2.14. The highest BCUT2D eigenvalue weighted by molar-refractivity contribution is 7.22. The molecule has 0 fully saturated rings. The van der Waals surface area contributed by atoms with Crippen LogP contribution in [0.2, 0.25) is 0 Å². The maximum Gasteiger partial charge on any atom is 0.186 e. The molecule has 21 heavy (non-hydrogen) atoms. The summed E-state index contributed by atoms with van der Waals surface area (Å²) in [5.41, 5.74) is 2.24. The fourth-order valence-electron chi connectivity index (χ4n) is 2.14. The summed E-state index contributed by atoms with van der Waals surface area (Å²) in [7, 11) is 2.06. The first-order valence-corrected chi connectivity index (χ1v) is 7.71. The van der Waals surface area contributed by atoms with Gasteiger partial charge < -0.3 is 9.64 Å². The van der Waals surface area contributed by atoms with Crippen molar-refractivity contribution in [1.29, 1.82) is 0 Å². The lowest BCUT2D eigenvalue weighted by Gasteiger charge is -2.15. The van der Waals surface area contributed by atoms with Crippen molar-refractivity contribution >= 4 is 26.7 Å². The molecule has 3 aromatic rings. The van der Waals surface area contributed by atoms with Gasteiger partial charge in [0.2, 0.25) is 0 Å². The summed E-state index contributed by atoms with van der Waals surface area (Å²) >= 11 is 1.68. The minimum atomic E-state index is 0.680. The number of aromatic nitrogens is 2. The molecule has 0 atom stereocenters. The molecule has 0 aliphatic rings. The molecular formula is C16H17N3OS. The van der Waals surface area contributed by atoms with Gasteiger partial charge in [-0.1, -0.05) is 11.3 Å². The van der Waals surface area contributed by atoms with Gasteiger partial charge in [-0.3, -0.25) is 4.98 Å². The van der Waals surface area contributed by atoms with Gasteiger partial charge in [-0.15, -0.1) is 0 Å². The summed E-state index contributed by atoms with van der Waals surface area (Å²) in [5.74, 6) is 0.900. The van der Waals surface area contributed by atoms with Gasteiger partial charge in [0.25, 0.3) is 0 Å². The Morgan fingerprint density at radius 1 is 1.19 bits per heavy atom. The molecule has 0 spiro atoms. The quantitative estimate of drug-likeness (QED) is 0.719. The molecule has 1 aromatic carbocycles. The molecule has 0 saturated carbocycles. The lowest BCUT2D eigenvalue weighted by atomic mass is 10.2. The third-order valence-corrected chi connectivity index (χ3v) is 4.29. The van der Waals surface area contributed by atoms with Crippen molar-refractivity contribution in [2.75, 3.05) is 18.6 Å². The second kappa shape index (κ2) is 6.10. The molecule has 2 heterocycles. The molecule has 4 nitrogen and oxygen atoms in total. The zero-order valence-corrected chi connectivity index (χ0v) is 12.9. The van der Waals surface area contributed by atoms with Crippen LogP contribution in [0.5, 0.6) is 5.75 Å². The molecule has 0 aliphatic carbocycles. The summed E-state index contributed by atoms with van der Waals surface area (Å²) in [6.45, 7) is 3.49. The number of rotatable bonds is 5. The van der Waals surface area contributed by atoms with Crippen molar-refractivity contribution in [1.82, 2.24) is 9.97 Å². The summed E-state index contributed by atoms with van der Waals surface area (Å²) < 4.78 is 6.69. The largest absolute Gasteiger partial charge is 0.494 e. The van der Waals surface area contributed by atoms with E-state index < -0.39 is 0 Å². The first-order valence-electron chi connectivity index (χ1n) is 6.89. The summed E-state index contributed by atoms with van der Waals surface area (Å²) in [5, 5.41) is 1.01. The van der Waals surface area contributed by atoms with Crippen LogP contribution < -0.4 is 9.64 Å². The fraction of sp³-hybridized carbons (Fsp3) is 0.250. The second-order valence-corrected chi connectivity index (χ2v) is 5.78. The highest BCUT2D eigenvalue weighted by atomic mass is 32.1. The first kappa shape index (κ1) is 13.8. The third kappa shape index (κ3) is 3.13. The molecule has 0 radical (unpaired) electrons. The Balaban J connectivity index is 1.83. The van der Waals surface area contributed by atoms with E-state index in [0.29, 0.717) is 6.61 Å². The molecule has 3 rings (SSSR count). The van der Waals surface area contributed by atoms with Crippen molar-refractivity contribution in [2.24, 2.45) is 0 Å². The first-order chi connectivity index (χ1) is 10.3. The Labute approximate surface area is 128 Å². The zero-order chi connectivity index (χ0) is 14.7. The Kier molecular flexibility index (Phi) is 4.01. The molecule has 5 heteroatoms. The summed E-state index contributed by atoms with van der Waals surface area (Å²) in [6.07, 6.45) is 3.63. The van der Waals surface area contributed by atoms with Crippen LogP contribution in [-0.2, 0) is 6.54 Å². The molecule has 0 unspecified atom stereocenters. The topological polar surface area (TPSA) is 38.2 Å². The Bertz CT molecular complexity index is 727. The van der Waals surface area contributed by atoms with E-state index in [9.17, 15) is 0 Å². The van der Waals surface area contributed by atoms with Gasteiger partial charge >= 0.3 is 0 Å². The van der Waals surface area contributed by atoms with Crippen LogP contribution >= 0.6 is 11.3 Å². The highest BCUT2D eigenvalue weighted by Crippen LogP contribution is 2.31. The number of benzene rings is 1. The number of hydrogen-bond acceptors (Lipinski definition) is 5. The van der Waals surface area contributed by atoms with Crippen LogP contribution in [0.15, 0.2) is 42.7 Å². The van der Waals surface area contributed by atoms with Crippen LogP contribution in [0.3, 0.4) is 0 Å². The van der Waals surface area contributed by atoms with Gasteiger partial charge in [-0.2, -0.15) is 0 Å². The number of ether oxygens (including phenoxy) is 1. The average Bonchev–Trinajstić information content (AvgIpc) is 2.92. The maximum atomic E-state index is 5.54. The van der Waals surface area contributed by atoms with Crippen LogP contribution in [-0.4, -0.2) is 23.6 Å². The molecule has 0 saturated heterocycles. The van der Waals surface area contributed by atoms with E-state index in [1.807, 2.05) is 43.6 Å². The molecule has 0 amide bonds. The molecule has 0 aliphatic heterocycles. The number of anilines is 1. The number of pyridine rings is 1. The average molecular weight is 299 g/mol. The predicted molar refractivity (Wildman–Crippen MR) is 87.1 cm³/mol. The number of thiazole rings is 1. The monoisotopic (exact) mass is 299 g/mol. The van der Waals surface area contributed by atoms with Crippen molar-refractivity contribution in [2.45, 2.75) is 13.5 Å². The van der Waals surface area contributed by atoms with Crippen molar-refractivity contribution in [3.8, 4) is 5.75 Å². The molecule has 2 aromatic heterocycles. The standard InChI is InChI=1S/C16H17N3OS/c1-3-20-13-4-5-14-15(10-13)21-16(18-14)19(2)11-12-6-8-17-9-7-12/h4-10H,3,11H2,1-2H3. The van der Waals surface area contributed by atoms with Crippen LogP contribution in [0.25, 0.3) is 10.2 Å². The summed E-state index contributed by atoms with van der Waals surface area (Å²) in [4.78, 5) is 10.9. The molecule has 0 bridgehead atoms. The van der Waals surface area contributed by atoms with Crippen molar-refractivity contribution in [3.05, 3.63) is 48.3 Å². The van der Waals surface area contributed by atoms with E-state index in [0.717, 1.165) is 27.6 Å². The van der Waals surface area contributed by atoms with Crippen molar-refractivity contribution in [3.63, 3.8) is 0 Å². The highest BCUT2D eigenvalue weighted by Gasteiger charge is 2.09. The van der Waals surface area contributed by atoms with Crippen LogP contribution in [0, 0.1) is 0 Å². The van der Waals surface area contributed by atoms with E-state index in [4.69, 9.17) is 4.74 Å². The maximum absolute atomic E-state index is 5.54. The number of nitrogens with zero attached hydrogens (tertiary/aromatic N) is 3. The van der Waals surface area contributed by atoms with Crippen LogP contribution in [0.4, 0.5) is 5.13 Å². The Morgan fingerprint density at radius 3 is 2.76 bits per heavy atom.